The number of aliphatic hydroxyl groups excluding tert-OH is 1. The average molecular weight is 197 g/mol. The Balaban J connectivity index is 1.94. The second-order valence-corrected chi connectivity index (χ2v) is 4.64. The second kappa shape index (κ2) is 3.89. The molecule has 1 N–H and O–H groups in total. The summed E-state index contributed by atoms with van der Waals surface area (Å²) in [6.45, 7) is 0. The number of amides is 1. The molecule has 2 aliphatic carbocycles. The highest BCUT2D eigenvalue weighted by Gasteiger charge is 2.37. The summed E-state index contributed by atoms with van der Waals surface area (Å²) in [5.74, 6) is 0.519. The molecule has 2 saturated carbocycles. The molecule has 0 aromatic carbocycles. The maximum absolute atomic E-state index is 11.8. The maximum atomic E-state index is 11.8. The molecule has 80 valence electrons. The van der Waals surface area contributed by atoms with Crippen LogP contribution in [-0.2, 0) is 4.79 Å². The zero-order valence-corrected chi connectivity index (χ0v) is 8.78. The fraction of sp³-hybridized carbons (Fsp3) is 0.909. The van der Waals surface area contributed by atoms with E-state index in [2.05, 4.69) is 0 Å². The Hall–Kier alpha value is -0.570. The minimum atomic E-state index is -0.295. The number of rotatable bonds is 2. The number of carbonyl (C=O) groups excluding carboxylic acids is 1. The van der Waals surface area contributed by atoms with Gasteiger partial charge in [-0.2, -0.15) is 0 Å². The lowest BCUT2D eigenvalue weighted by Crippen LogP contribution is -2.46. The van der Waals surface area contributed by atoms with Crippen molar-refractivity contribution in [1.29, 1.82) is 0 Å². The van der Waals surface area contributed by atoms with Crippen LogP contribution in [0.2, 0.25) is 0 Å². The van der Waals surface area contributed by atoms with Crippen LogP contribution in [0, 0.1) is 5.92 Å². The van der Waals surface area contributed by atoms with Gasteiger partial charge in [0.15, 0.2) is 0 Å². The molecule has 0 spiro atoms. The first kappa shape index (κ1) is 9.97. The van der Waals surface area contributed by atoms with Crippen molar-refractivity contribution in [2.75, 3.05) is 7.05 Å². The topological polar surface area (TPSA) is 40.5 Å². The standard InChI is InChI=1S/C11H19NO2/c1-12(11(14)8-6-7-8)9-4-2-3-5-10(9)13/h8-10,13H,2-7H2,1H3/t9-,10-/m1/s1. The van der Waals surface area contributed by atoms with Crippen molar-refractivity contribution in [3.05, 3.63) is 0 Å². The normalized spacial score (nSPS) is 32.7. The molecule has 2 atom stereocenters. The lowest BCUT2D eigenvalue weighted by atomic mass is 9.91. The van der Waals surface area contributed by atoms with Crippen LogP contribution in [0.15, 0.2) is 0 Å². The van der Waals surface area contributed by atoms with E-state index in [0.29, 0.717) is 0 Å². The van der Waals surface area contributed by atoms with Gasteiger partial charge in [0.05, 0.1) is 12.1 Å². The van der Waals surface area contributed by atoms with Gasteiger partial charge in [-0.15, -0.1) is 0 Å². The summed E-state index contributed by atoms with van der Waals surface area (Å²) in [4.78, 5) is 13.6. The zero-order chi connectivity index (χ0) is 10.1. The summed E-state index contributed by atoms with van der Waals surface area (Å²) in [6.07, 6.45) is 5.87. The van der Waals surface area contributed by atoms with Crippen LogP contribution >= 0.6 is 0 Å². The van der Waals surface area contributed by atoms with Crippen LogP contribution in [0.4, 0.5) is 0 Å². The molecule has 0 unspecified atom stereocenters. The molecule has 0 aromatic rings. The Morgan fingerprint density at radius 1 is 1.21 bits per heavy atom. The highest BCUT2D eigenvalue weighted by Crippen LogP contribution is 2.33. The quantitative estimate of drug-likeness (QED) is 0.721. The van der Waals surface area contributed by atoms with Gasteiger partial charge in [-0.05, 0) is 25.7 Å². The highest BCUT2D eigenvalue weighted by molar-refractivity contribution is 5.81. The molecule has 2 aliphatic rings. The highest BCUT2D eigenvalue weighted by atomic mass is 16.3. The van der Waals surface area contributed by atoms with Crippen LogP contribution < -0.4 is 0 Å². The monoisotopic (exact) mass is 197 g/mol. The number of hydrogen-bond acceptors (Lipinski definition) is 2. The summed E-state index contributed by atoms with van der Waals surface area (Å²) in [5.41, 5.74) is 0. The lowest BCUT2D eigenvalue weighted by Gasteiger charge is -2.35. The van der Waals surface area contributed by atoms with Gasteiger partial charge in [0.1, 0.15) is 0 Å². The fourth-order valence-corrected chi connectivity index (χ4v) is 2.33. The summed E-state index contributed by atoms with van der Waals surface area (Å²) in [5, 5.41) is 9.80. The third kappa shape index (κ3) is 1.92. The van der Waals surface area contributed by atoms with E-state index in [0.717, 1.165) is 38.5 Å². The third-order valence-electron chi connectivity index (χ3n) is 3.47. The molecule has 3 nitrogen and oxygen atoms in total. The molecule has 0 bridgehead atoms. The van der Waals surface area contributed by atoms with Gasteiger partial charge in [-0.1, -0.05) is 12.8 Å². The smallest absolute Gasteiger partial charge is 0.225 e. The van der Waals surface area contributed by atoms with Crippen molar-refractivity contribution in [3.8, 4) is 0 Å². The molecule has 0 aliphatic heterocycles. The lowest BCUT2D eigenvalue weighted by molar-refractivity contribution is -0.136. The summed E-state index contributed by atoms with van der Waals surface area (Å²) in [6, 6.07) is 0.0804. The van der Waals surface area contributed by atoms with Gasteiger partial charge in [0.25, 0.3) is 0 Å². The number of likely N-dealkylation sites (N-methyl/N-ethyl adjacent to an activating group) is 1. The zero-order valence-electron chi connectivity index (χ0n) is 8.78. The first-order valence-electron chi connectivity index (χ1n) is 5.65. The van der Waals surface area contributed by atoms with Crippen molar-refractivity contribution in [2.24, 2.45) is 5.92 Å². The predicted molar refractivity (Wildman–Crippen MR) is 53.8 cm³/mol. The van der Waals surface area contributed by atoms with Gasteiger partial charge in [-0.3, -0.25) is 4.79 Å². The van der Waals surface area contributed by atoms with Crippen molar-refractivity contribution in [2.45, 2.75) is 50.7 Å². The molecule has 14 heavy (non-hydrogen) atoms. The Labute approximate surface area is 85.1 Å². The van der Waals surface area contributed by atoms with Crippen molar-refractivity contribution >= 4 is 5.91 Å². The van der Waals surface area contributed by atoms with Crippen LogP contribution in [0.1, 0.15) is 38.5 Å². The first-order valence-corrected chi connectivity index (χ1v) is 5.65. The maximum Gasteiger partial charge on any atom is 0.225 e. The van der Waals surface area contributed by atoms with E-state index in [1.807, 2.05) is 7.05 Å². The van der Waals surface area contributed by atoms with Gasteiger partial charge in [-0.25, -0.2) is 0 Å². The minimum absolute atomic E-state index is 0.0804. The molecule has 2 fully saturated rings. The average Bonchev–Trinajstić information content (AvgIpc) is 3.00. The molecular formula is C11H19NO2. The van der Waals surface area contributed by atoms with E-state index in [9.17, 15) is 9.90 Å². The van der Waals surface area contributed by atoms with E-state index < -0.39 is 0 Å². The number of carbonyl (C=O) groups is 1. The van der Waals surface area contributed by atoms with E-state index in [1.165, 1.54) is 0 Å². The summed E-state index contributed by atoms with van der Waals surface area (Å²) >= 11 is 0. The fourth-order valence-electron chi connectivity index (χ4n) is 2.33. The molecule has 1 amide bonds. The van der Waals surface area contributed by atoms with Crippen LogP contribution in [0.5, 0.6) is 0 Å². The van der Waals surface area contributed by atoms with E-state index >= 15 is 0 Å². The first-order chi connectivity index (χ1) is 6.70. The van der Waals surface area contributed by atoms with Gasteiger partial charge in [0.2, 0.25) is 5.91 Å². The number of nitrogens with zero attached hydrogens (tertiary/aromatic N) is 1. The predicted octanol–water partition coefficient (Wildman–Crippen LogP) is 1.16. The summed E-state index contributed by atoms with van der Waals surface area (Å²) in [7, 11) is 1.85. The van der Waals surface area contributed by atoms with Crippen molar-refractivity contribution < 1.29 is 9.90 Å². The molecule has 3 heteroatoms. The largest absolute Gasteiger partial charge is 0.391 e. The van der Waals surface area contributed by atoms with E-state index in [1.54, 1.807) is 4.90 Å². The Bertz CT molecular complexity index is 225. The van der Waals surface area contributed by atoms with Crippen LogP contribution in [-0.4, -0.2) is 35.1 Å². The van der Waals surface area contributed by atoms with Crippen molar-refractivity contribution in [3.63, 3.8) is 0 Å². The molecule has 0 heterocycles. The SMILES string of the molecule is CN(C(=O)C1CC1)[C@@H]1CCCC[C@H]1O. The molecular weight excluding hydrogens is 178 g/mol. The Morgan fingerprint density at radius 2 is 1.86 bits per heavy atom. The summed E-state index contributed by atoms with van der Waals surface area (Å²) < 4.78 is 0. The minimum Gasteiger partial charge on any atom is -0.391 e. The third-order valence-corrected chi connectivity index (χ3v) is 3.47. The van der Waals surface area contributed by atoms with Gasteiger partial charge in [0, 0.05) is 13.0 Å². The second-order valence-electron chi connectivity index (χ2n) is 4.64. The molecule has 0 aromatic heterocycles. The number of aliphatic hydroxyl groups is 1. The van der Waals surface area contributed by atoms with Gasteiger partial charge >= 0.3 is 0 Å². The van der Waals surface area contributed by atoms with Gasteiger partial charge < -0.3 is 10.0 Å². The van der Waals surface area contributed by atoms with E-state index in [-0.39, 0.29) is 24.0 Å². The molecule has 0 radical (unpaired) electrons. The van der Waals surface area contributed by atoms with Crippen molar-refractivity contribution in [1.82, 2.24) is 4.90 Å². The molecule has 2 rings (SSSR count). The van der Waals surface area contributed by atoms with Crippen LogP contribution in [0.25, 0.3) is 0 Å². The number of hydrogen-bond donors (Lipinski definition) is 1. The van der Waals surface area contributed by atoms with Crippen LogP contribution in [0.3, 0.4) is 0 Å². The Kier molecular flexibility index (Phi) is 2.77. The van der Waals surface area contributed by atoms with E-state index in [4.69, 9.17) is 0 Å². The molecule has 0 saturated heterocycles. The Morgan fingerprint density at radius 3 is 2.43 bits per heavy atom.